The molecule has 6 nitrogen and oxygen atoms in total. The molecule has 0 amide bonds. The summed E-state index contributed by atoms with van der Waals surface area (Å²) < 4.78 is 33.4. The van der Waals surface area contributed by atoms with Gasteiger partial charge in [0.2, 0.25) is 10.0 Å². The predicted octanol–water partition coefficient (Wildman–Crippen LogP) is 2.74. The molecule has 0 atom stereocenters. The van der Waals surface area contributed by atoms with Crippen molar-refractivity contribution in [3.63, 3.8) is 0 Å². The molecule has 0 saturated carbocycles. The van der Waals surface area contributed by atoms with Crippen molar-refractivity contribution in [1.82, 2.24) is 9.62 Å². The maximum absolute atomic E-state index is 12.8. The van der Waals surface area contributed by atoms with Crippen LogP contribution in [-0.4, -0.2) is 32.4 Å². The van der Waals surface area contributed by atoms with E-state index in [9.17, 15) is 13.2 Å². The molecule has 1 aliphatic rings. The number of fused-ring (bicyclic) bond motifs is 1. The number of benzene rings is 2. The van der Waals surface area contributed by atoms with Gasteiger partial charge in [-0.25, -0.2) is 17.9 Å². The van der Waals surface area contributed by atoms with Crippen LogP contribution >= 0.6 is 0 Å². The van der Waals surface area contributed by atoms with Crippen LogP contribution in [0.15, 0.2) is 74.8 Å². The second-order valence-corrected chi connectivity index (χ2v) is 8.83. The lowest BCUT2D eigenvalue weighted by molar-refractivity contribution is 0.200. The van der Waals surface area contributed by atoms with Gasteiger partial charge in [0.05, 0.1) is 4.90 Å². The maximum Gasteiger partial charge on any atom is 0.336 e. The Labute approximate surface area is 163 Å². The molecule has 0 unspecified atom stereocenters. The van der Waals surface area contributed by atoms with Gasteiger partial charge in [0.25, 0.3) is 0 Å². The summed E-state index contributed by atoms with van der Waals surface area (Å²) in [4.78, 5) is 13.8. The molecule has 7 heteroatoms. The van der Waals surface area contributed by atoms with Crippen molar-refractivity contribution in [2.75, 3.05) is 13.1 Å². The highest BCUT2D eigenvalue weighted by atomic mass is 32.2. The van der Waals surface area contributed by atoms with Gasteiger partial charge in [-0.05, 0) is 42.7 Å². The van der Waals surface area contributed by atoms with Crippen LogP contribution in [0.4, 0.5) is 0 Å². The van der Waals surface area contributed by atoms with Crippen molar-refractivity contribution in [3.8, 4) is 0 Å². The minimum Gasteiger partial charge on any atom is -0.423 e. The van der Waals surface area contributed by atoms with Crippen molar-refractivity contribution < 1.29 is 12.8 Å². The molecule has 1 aliphatic heterocycles. The standard InChI is InChI=1S/C21H22N2O4S/c24-21-9-6-17-14-19(7-8-20(17)27-21)28(25,26)22-18-10-12-23(13-11-18)15-16-4-2-1-3-5-16/h1-9,14,18,22H,10-13,15H2. The summed E-state index contributed by atoms with van der Waals surface area (Å²) in [5.41, 5.74) is 1.19. The van der Waals surface area contributed by atoms with E-state index in [1.54, 1.807) is 6.07 Å². The molecule has 2 aromatic carbocycles. The summed E-state index contributed by atoms with van der Waals surface area (Å²) in [6, 6.07) is 17.6. The number of hydrogen-bond acceptors (Lipinski definition) is 5. The molecule has 3 aromatic rings. The Bertz CT molecular complexity index is 1120. The van der Waals surface area contributed by atoms with Crippen LogP contribution in [-0.2, 0) is 16.6 Å². The second-order valence-electron chi connectivity index (χ2n) is 7.11. The smallest absolute Gasteiger partial charge is 0.336 e. The molecule has 0 radical (unpaired) electrons. The first kappa shape index (κ1) is 18.9. The van der Waals surface area contributed by atoms with E-state index in [2.05, 4.69) is 21.8 Å². The van der Waals surface area contributed by atoms with Gasteiger partial charge in [0.1, 0.15) is 5.58 Å². The highest BCUT2D eigenvalue weighted by Gasteiger charge is 2.25. The molecule has 1 fully saturated rings. The van der Waals surface area contributed by atoms with E-state index in [0.29, 0.717) is 11.0 Å². The van der Waals surface area contributed by atoms with Crippen LogP contribution in [0.2, 0.25) is 0 Å². The normalized spacial score (nSPS) is 16.4. The number of likely N-dealkylation sites (tertiary alicyclic amines) is 1. The lowest BCUT2D eigenvalue weighted by atomic mass is 10.1. The van der Waals surface area contributed by atoms with Gasteiger partial charge in [0.15, 0.2) is 0 Å². The summed E-state index contributed by atoms with van der Waals surface area (Å²) in [6.45, 7) is 2.59. The van der Waals surface area contributed by atoms with E-state index in [-0.39, 0.29) is 10.9 Å². The number of rotatable bonds is 5. The Morgan fingerprint density at radius 3 is 2.50 bits per heavy atom. The van der Waals surface area contributed by atoms with Gasteiger partial charge in [-0.15, -0.1) is 0 Å². The molecule has 2 heterocycles. The van der Waals surface area contributed by atoms with Crippen molar-refractivity contribution in [2.24, 2.45) is 0 Å². The van der Waals surface area contributed by atoms with Crippen LogP contribution in [0.25, 0.3) is 11.0 Å². The topological polar surface area (TPSA) is 79.6 Å². The van der Waals surface area contributed by atoms with Crippen LogP contribution in [0, 0.1) is 0 Å². The molecular weight excluding hydrogens is 376 g/mol. The first-order chi connectivity index (χ1) is 13.5. The number of nitrogens with one attached hydrogen (secondary N) is 1. The molecule has 1 saturated heterocycles. The number of nitrogens with zero attached hydrogens (tertiary/aromatic N) is 1. The van der Waals surface area contributed by atoms with Crippen LogP contribution in [0.5, 0.6) is 0 Å². The quantitative estimate of drug-likeness (QED) is 0.669. The molecule has 0 bridgehead atoms. The summed E-state index contributed by atoms with van der Waals surface area (Å²) >= 11 is 0. The van der Waals surface area contributed by atoms with Crippen molar-refractivity contribution >= 4 is 21.0 Å². The lowest BCUT2D eigenvalue weighted by Crippen LogP contribution is -2.44. The third-order valence-corrected chi connectivity index (χ3v) is 6.58. The fourth-order valence-electron chi connectivity index (χ4n) is 3.56. The van der Waals surface area contributed by atoms with E-state index < -0.39 is 15.6 Å². The van der Waals surface area contributed by atoms with Gasteiger partial charge in [-0.2, -0.15) is 0 Å². The highest BCUT2D eigenvalue weighted by molar-refractivity contribution is 7.89. The molecule has 146 valence electrons. The zero-order valence-electron chi connectivity index (χ0n) is 15.4. The Morgan fingerprint density at radius 1 is 1.00 bits per heavy atom. The van der Waals surface area contributed by atoms with Crippen molar-refractivity contribution in [1.29, 1.82) is 0 Å². The van der Waals surface area contributed by atoms with E-state index in [0.717, 1.165) is 32.5 Å². The van der Waals surface area contributed by atoms with Gasteiger partial charge in [-0.3, -0.25) is 4.90 Å². The minimum absolute atomic E-state index is 0.0820. The minimum atomic E-state index is -3.63. The van der Waals surface area contributed by atoms with E-state index in [4.69, 9.17) is 4.42 Å². The monoisotopic (exact) mass is 398 g/mol. The first-order valence-corrected chi connectivity index (χ1v) is 10.8. The molecule has 28 heavy (non-hydrogen) atoms. The summed E-state index contributed by atoms with van der Waals surface area (Å²) in [7, 11) is -3.63. The summed E-state index contributed by atoms with van der Waals surface area (Å²) in [5, 5.41) is 0.583. The zero-order chi connectivity index (χ0) is 19.6. The van der Waals surface area contributed by atoms with Crippen LogP contribution < -0.4 is 10.3 Å². The highest BCUT2D eigenvalue weighted by Crippen LogP contribution is 2.20. The molecule has 0 spiro atoms. The van der Waals surface area contributed by atoms with Crippen molar-refractivity contribution in [3.05, 3.63) is 76.6 Å². The third-order valence-electron chi connectivity index (χ3n) is 5.06. The Hall–Kier alpha value is -2.48. The fourth-order valence-corrected chi connectivity index (χ4v) is 4.90. The molecular formula is C21H22N2O4S. The maximum atomic E-state index is 12.8. The fraction of sp³-hybridized carbons (Fsp3) is 0.286. The predicted molar refractivity (Wildman–Crippen MR) is 108 cm³/mol. The van der Waals surface area contributed by atoms with E-state index >= 15 is 0 Å². The lowest BCUT2D eigenvalue weighted by Gasteiger charge is -2.32. The third kappa shape index (κ3) is 4.32. The number of piperidine rings is 1. The van der Waals surface area contributed by atoms with E-state index in [1.807, 2.05) is 18.2 Å². The average molecular weight is 398 g/mol. The number of sulfonamides is 1. The molecule has 4 rings (SSSR count). The van der Waals surface area contributed by atoms with Gasteiger partial charge < -0.3 is 4.42 Å². The van der Waals surface area contributed by atoms with Gasteiger partial charge in [-0.1, -0.05) is 30.3 Å². The Balaban J connectivity index is 1.40. The second kappa shape index (κ2) is 7.87. The van der Waals surface area contributed by atoms with Crippen LogP contribution in [0.3, 0.4) is 0 Å². The number of hydrogen-bond donors (Lipinski definition) is 1. The van der Waals surface area contributed by atoms with Crippen LogP contribution in [0.1, 0.15) is 18.4 Å². The summed E-state index contributed by atoms with van der Waals surface area (Å²) in [5.74, 6) is 0. The Morgan fingerprint density at radius 2 is 1.75 bits per heavy atom. The summed E-state index contributed by atoms with van der Waals surface area (Å²) in [6.07, 6.45) is 1.54. The van der Waals surface area contributed by atoms with Gasteiger partial charge >= 0.3 is 5.63 Å². The average Bonchev–Trinajstić information content (AvgIpc) is 2.69. The van der Waals surface area contributed by atoms with Gasteiger partial charge in [0, 0.05) is 37.1 Å². The largest absolute Gasteiger partial charge is 0.423 e. The Kier molecular flexibility index (Phi) is 5.30. The molecule has 1 N–H and O–H groups in total. The van der Waals surface area contributed by atoms with Crippen molar-refractivity contribution in [2.45, 2.75) is 30.3 Å². The first-order valence-electron chi connectivity index (χ1n) is 9.32. The molecule has 1 aromatic heterocycles. The molecule has 0 aliphatic carbocycles. The zero-order valence-corrected chi connectivity index (χ0v) is 16.2. The SMILES string of the molecule is O=c1ccc2cc(S(=O)(=O)NC3CCN(Cc4ccccc4)CC3)ccc2o1. The van der Waals surface area contributed by atoms with E-state index in [1.165, 1.54) is 29.8 Å².